The number of aryl methyl sites for hydroxylation is 1. The van der Waals surface area contributed by atoms with E-state index in [-0.39, 0.29) is 11.9 Å². The lowest BCUT2D eigenvalue weighted by atomic mass is 9.97. The van der Waals surface area contributed by atoms with Gasteiger partial charge in [-0.2, -0.15) is 0 Å². The second-order valence-corrected chi connectivity index (χ2v) is 4.83. The van der Waals surface area contributed by atoms with Gasteiger partial charge in [-0.3, -0.25) is 9.78 Å². The first-order valence-electron chi connectivity index (χ1n) is 6.48. The Labute approximate surface area is 117 Å². The average molecular weight is 269 g/mol. The lowest BCUT2D eigenvalue weighted by Gasteiger charge is -2.25. The number of aromatic nitrogens is 1. The zero-order chi connectivity index (χ0) is 14.1. The number of rotatable bonds is 2. The molecule has 1 aliphatic rings. The SMILES string of the molecule is COc1ccc2c(c1)OC(c1ccc(C)nc1)CC2=O. The Bertz CT molecular complexity index is 649. The monoisotopic (exact) mass is 269 g/mol. The molecule has 0 aliphatic carbocycles. The first kappa shape index (κ1) is 12.7. The van der Waals surface area contributed by atoms with Crippen molar-refractivity contribution in [2.45, 2.75) is 19.4 Å². The highest BCUT2D eigenvalue weighted by Gasteiger charge is 2.28. The van der Waals surface area contributed by atoms with Crippen molar-refractivity contribution in [3.05, 3.63) is 53.3 Å². The van der Waals surface area contributed by atoms with E-state index < -0.39 is 0 Å². The molecular formula is C16H15NO3. The van der Waals surface area contributed by atoms with Crippen LogP contribution in [0.4, 0.5) is 0 Å². The molecule has 0 radical (unpaired) electrons. The van der Waals surface area contributed by atoms with Gasteiger partial charge in [-0.25, -0.2) is 0 Å². The standard InChI is InChI=1S/C16H15NO3/c1-10-3-4-11(9-17-10)15-8-14(18)13-6-5-12(19-2)7-16(13)20-15/h3-7,9,15H,8H2,1-2H3. The highest BCUT2D eigenvalue weighted by atomic mass is 16.5. The fourth-order valence-corrected chi connectivity index (χ4v) is 2.29. The second-order valence-electron chi connectivity index (χ2n) is 4.83. The van der Waals surface area contributed by atoms with Crippen LogP contribution in [0, 0.1) is 6.92 Å². The van der Waals surface area contributed by atoms with Crippen LogP contribution in [0.15, 0.2) is 36.5 Å². The molecule has 4 heteroatoms. The van der Waals surface area contributed by atoms with Crippen molar-refractivity contribution >= 4 is 5.78 Å². The third kappa shape index (κ3) is 2.25. The first-order valence-corrected chi connectivity index (χ1v) is 6.48. The number of pyridine rings is 1. The molecule has 4 nitrogen and oxygen atoms in total. The van der Waals surface area contributed by atoms with Crippen LogP contribution >= 0.6 is 0 Å². The molecule has 0 N–H and O–H groups in total. The second kappa shape index (κ2) is 4.96. The number of nitrogens with zero attached hydrogens (tertiary/aromatic N) is 1. The highest BCUT2D eigenvalue weighted by molar-refractivity contribution is 6.00. The van der Waals surface area contributed by atoms with E-state index in [9.17, 15) is 4.79 Å². The van der Waals surface area contributed by atoms with Gasteiger partial charge in [0, 0.05) is 23.5 Å². The maximum absolute atomic E-state index is 12.2. The number of carbonyl (C=O) groups excluding carboxylic acids is 1. The van der Waals surface area contributed by atoms with Gasteiger partial charge < -0.3 is 9.47 Å². The average Bonchev–Trinajstić information content (AvgIpc) is 2.47. The number of benzene rings is 1. The van der Waals surface area contributed by atoms with E-state index in [1.807, 2.05) is 19.1 Å². The van der Waals surface area contributed by atoms with Crippen LogP contribution in [0.2, 0.25) is 0 Å². The highest BCUT2D eigenvalue weighted by Crippen LogP contribution is 2.36. The summed E-state index contributed by atoms with van der Waals surface area (Å²) in [6.07, 6.45) is 1.82. The van der Waals surface area contributed by atoms with Crippen molar-refractivity contribution in [2.24, 2.45) is 0 Å². The minimum atomic E-state index is -0.282. The molecule has 3 rings (SSSR count). The van der Waals surface area contributed by atoms with Crippen LogP contribution < -0.4 is 9.47 Å². The number of carbonyl (C=O) groups is 1. The Balaban J connectivity index is 1.94. The van der Waals surface area contributed by atoms with Gasteiger partial charge >= 0.3 is 0 Å². The number of ether oxygens (including phenoxy) is 2. The summed E-state index contributed by atoms with van der Waals surface area (Å²) in [5.74, 6) is 1.34. The van der Waals surface area contributed by atoms with Gasteiger partial charge in [0.25, 0.3) is 0 Å². The van der Waals surface area contributed by atoms with Crippen molar-refractivity contribution in [1.82, 2.24) is 4.98 Å². The van der Waals surface area contributed by atoms with E-state index in [1.165, 1.54) is 0 Å². The summed E-state index contributed by atoms with van der Waals surface area (Å²) in [4.78, 5) is 16.4. The van der Waals surface area contributed by atoms with E-state index in [2.05, 4.69) is 4.98 Å². The molecule has 1 aromatic carbocycles. The van der Waals surface area contributed by atoms with E-state index in [4.69, 9.17) is 9.47 Å². The number of hydrogen-bond acceptors (Lipinski definition) is 4. The van der Waals surface area contributed by atoms with E-state index >= 15 is 0 Å². The van der Waals surface area contributed by atoms with Gasteiger partial charge in [0.1, 0.15) is 17.6 Å². The predicted octanol–water partition coefficient (Wildman–Crippen LogP) is 3.11. The molecule has 1 unspecified atom stereocenters. The molecule has 1 atom stereocenters. The van der Waals surface area contributed by atoms with Crippen LogP contribution in [-0.4, -0.2) is 17.9 Å². The third-order valence-corrected chi connectivity index (χ3v) is 3.44. The van der Waals surface area contributed by atoms with E-state index in [1.54, 1.807) is 31.5 Å². The lowest BCUT2D eigenvalue weighted by Crippen LogP contribution is -2.20. The molecule has 0 saturated carbocycles. The number of ketones is 1. The molecular weight excluding hydrogens is 254 g/mol. The van der Waals surface area contributed by atoms with Gasteiger partial charge in [-0.15, -0.1) is 0 Å². The third-order valence-electron chi connectivity index (χ3n) is 3.44. The molecule has 0 fully saturated rings. The molecule has 20 heavy (non-hydrogen) atoms. The molecule has 102 valence electrons. The Kier molecular flexibility index (Phi) is 3.14. The molecule has 2 heterocycles. The van der Waals surface area contributed by atoms with Crippen molar-refractivity contribution in [2.75, 3.05) is 7.11 Å². The minimum Gasteiger partial charge on any atom is -0.497 e. The van der Waals surface area contributed by atoms with Crippen LogP contribution in [-0.2, 0) is 0 Å². The van der Waals surface area contributed by atoms with Gasteiger partial charge in [0.05, 0.1) is 19.1 Å². The van der Waals surface area contributed by atoms with Crippen LogP contribution in [0.5, 0.6) is 11.5 Å². The predicted molar refractivity (Wildman–Crippen MR) is 74.3 cm³/mol. The lowest BCUT2D eigenvalue weighted by molar-refractivity contribution is 0.0849. The Morgan fingerprint density at radius 3 is 2.85 bits per heavy atom. The van der Waals surface area contributed by atoms with Crippen LogP contribution in [0.25, 0.3) is 0 Å². The first-order chi connectivity index (χ1) is 9.67. The quantitative estimate of drug-likeness (QED) is 0.840. The van der Waals surface area contributed by atoms with Crippen molar-refractivity contribution in [3.63, 3.8) is 0 Å². The number of Topliss-reactive ketones (excluding diaryl/α,β-unsaturated/α-hetero) is 1. The minimum absolute atomic E-state index is 0.0829. The summed E-state index contributed by atoms with van der Waals surface area (Å²) in [7, 11) is 1.59. The summed E-state index contributed by atoms with van der Waals surface area (Å²) in [5.41, 5.74) is 2.47. The summed E-state index contributed by atoms with van der Waals surface area (Å²) in [6, 6.07) is 9.14. The summed E-state index contributed by atoms with van der Waals surface area (Å²) >= 11 is 0. The maximum Gasteiger partial charge on any atom is 0.170 e. The molecule has 0 bridgehead atoms. The summed E-state index contributed by atoms with van der Waals surface area (Å²) in [6.45, 7) is 1.93. The normalized spacial score (nSPS) is 17.3. The number of fused-ring (bicyclic) bond motifs is 1. The van der Waals surface area contributed by atoms with Crippen LogP contribution in [0.3, 0.4) is 0 Å². The zero-order valence-electron chi connectivity index (χ0n) is 11.4. The fraction of sp³-hybridized carbons (Fsp3) is 0.250. The molecule has 0 saturated heterocycles. The molecule has 1 aliphatic heterocycles. The van der Waals surface area contributed by atoms with E-state index in [0.29, 0.717) is 23.5 Å². The van der Waals surface area contributed by atoms with Crippen LogP contribution in [0.1, 0.15) is 34.1 Å². The smallest absolute Gasteiger partial charge is 0.170 e. The van der Waals surface area contributed by atoms with Gasteiger partial charge in [-0.1, -0.05) is 6.07 Å². The maximum atomic E-state index is 12.2. The molecule has 0 amide bonds. The van der Waals surface area contributed by atoms with Gasteiger partial charge in [-0.05, 0) is 25.1 Å². The topological polar surface area (TPSA) is 48.4 Å². The number of hydrogen-bond donors (Lipinski definition) is 0. The molecule has 1 aromatic heterocycles. The Hall–Kier alpha value is -2.36. The zero-order valence-corrected chi connectivity index (χ0v) is 11.4. The van der Waals surface area contributed by atoms with Crippen molar-refractivity contribution in [3.8, 4) is 11.5 Å². The Morgan fingerprint density at radius 1 is 1.30 bits per heavy atom. The van der Waals surface area contributed by atoms with Crippen molar-refractivity contribution < 1.29 is 14.3 Å². The summed E-state index contributed by atoms with van der Waals surface area (Å²) < 4.78 is 11.1. The van der Waals surface area contributed by atoms with E-state index in [0.717, 1.165) is 11.3 Å². The van der Waals surface area contributed by atoms with Crippen molar-refractivity contribution in [1.29, 1.82) is 0 Å². The fourth-order valence-electron chi connectivity index (χ4n) is 2.29. The number of methoxy groups -OCH3 is 1. The van der Waals surface area contributed by atoms with Gasteiger partial charge in [0.15, 0.2) is 5.78 Å². The Morgan fingerprint density at radius 2 is 2.15 bits per heavy atom. The molecule has 2 aromatic rings. The van der Waals surface area contributed by atoms with Gasteiger partial charge in [0.2, 0.25) is 0 Å². The largest absolute Gasteiger partial charge is 0.497 e. The molecule has 0 spiro atoms. The summed E-state index contributed by atoms with van der Waals surface area (Å²) in [5, 5.41) is 0.